The number of esters is 3. The van der Waals surface area contributed by atoms with Crippen molar-refractivity contribution in [1.29, 1.82) is 0 Å². The third-order valence-electron chi connectivity index (χ3n) is 5.40. The van der Waals surface area contributed by atoms with Crippen LogP contribution in [0.3, 0.4) is 0 Å². The molecule has 35 heavy (non-hydrogen) atoms. The summed E-state index contributed by atoms with van der Waals surface area (Å²) >= 11 is 0. The van der Waals surface area contributed by atoms with Crippen LogP contribution in [0.4, 0.5) is 0 Å². The van der Waals surface area contributed by atoms with Crippen LogP contribution in [0.5, 0.6) is 0 Å². The van der Waals surface area contributed by atoms with Crippen LogP contribution < -0.4 is 0 Å². The number of ether oxygens (including phenoxy) is 4. The zero-order chi connectivity index (χ0) is 24.6. The van der Waals surface area contributed by atoms with Crippen molar-refractivity contribution in [3.05, 3.63) is 108 Å². The van der Waals surface area contributed by atoms with Crippen LogP contribution in [0.25, 0.3) is 0 Å². The van der Waals surface area contributed by atoms with Crippen molar-refractivity contribution in [2.24, 2.45) is 0 Å². The maximum atomic E-state index is 12.7. The lowest BCUT2D eigenvalue weighted by molar-refractivity contribution is -0.251. The molecule has 0 saturated carbocycles. The molecule has 3 aromatic carbocycles. The van der Waals surface area contributed by atoms with E-state index in [2.05, 4.69) is 0 Å². The molecule has 4 rings (SSSR count). The number of hydrogen-bond donors (Lipinski definition) is 1. The van der Waals surface area contributed by atoms with Gasteiger partial charge in [-0.25, -0.2) is 14.4 Å². The number of aliphatic hydroxyl groups is 1. The van der Waals surface area contributed by atoms with Crippen LogP contribution in [-0.4, -0.2) is 54.2 Å². The molecule has 8 heteroatoms. The molecule has 0 aliphatic carbocycles. The topological polar surface area (TPSA) is 108 Å². The summed E-state index contributed by atoms with van der Waals surface area (Å²) in [7, 11) is 0. The SMILES string of the molecule is O=C(OCC1CC(OC(=O)c2ccccc2)C(OC(=O)c2ccccc2)C(O)O1)c1ccccc1. The monoisotopic (exact) mass is 476 g/mol. The van der Waals surface area contributed by atoms with E-state index in [1.54, 1.807) is 91.0 Å². The molecule has 180 valence electrons. The van der Waals surface area contributed by atoms with E-state index in [1.165, 1.54) is 0 Å². The Bertz CT molecular complexity index is 1130. The quantitative estimate of drug-likeness (QED) is 0.408. The molecule has 1 saturated heterocycles. The summed E-state index contributed by atoms with van der Waals surface area (Å²) in [6, 6.07) is 25.0. The Hall–Kier alpha value is -4.01. The minimum atomic E-state index is -1.61. The Morgan fingerprint density at radius 2 is 1.17 bits per heavy atom. The molecular weight excluding hydrogens is 452 g/mol. The summed E-state index contributed by atoms with van der Waals surface area (Å²) in [4.78, 5) is 37.6. The van der Waals surface area contributed by atoms with Crippen LogP contribution in [0.1, 0.15) is 37.5 Å². The lowest BCUT2D eigenvalue weighted by Gasteiger charge is -2.38. The fraction of sp³-hybridized carbons (Fsp3) is 0.222. The largest absolute Gasteiger partial charge is 0.459 e. The zero-order valence-corrected chi connectivity index (χ0v) is 18.7. The van der Waals surface area contributed by atoms with Crippen molar-refractivity contribution in [2.75, 3.05) is 6.61 Å². The number of carbonyl (C=O) groups is 3. The molecule has 3 aromatic rings. The molecule has 4 unspecified atom stereocenters. The summed E-state index contributed by atoms with van der Waals surface area (Å²) in [5, 5.41) is 10.6. The fourth-order valence-electron chi connectivity index (χ4n) is 3.64. The van der Waals surface area contributed by atoms with Gasteiger partial charge in [-0.15, -0.1) is 0 Å². The van der Waals surface area contributed by atoms with Gasteiger partial charge in [-0.2, -0.15) is 0 Å². The van der Waals surface area contributed by atoms with E-state index in [0.717, 1.165) is 0 Å². The highest BCUT2D eigenvalue weighted by Crippen LogP contribution is 2.26. The number of aliphatic hydroxyl groups excluding tert-OH is 1. The Morgan fingerprint density at radius 3 is 1.69 bits per heavy atom. The number of hydrogen-bond acceptors (Lipinski definition) is 8. The highest BCUT2D eigenvalue weighted by Gasteiger charge is 2.43. The van der Waals surface area contributed by atoms with Crippen molar-refractivity contribution in [3.63, 3.8) is 0 Å². The lowest BCUT2D eigenvalue weighted by Crippen LogP contribution is -2.53. The number of benzene rings is 3. The predicted octanol–water partition coefficient (Wildman–Crippen LogP) is 3.40. The van der Waals surface area contributed by atoms with Crippen molar-refractivity contribution in [1.82, 2.24) is 0 Å². The van der Waals surface area contributed by atoms with Gasteiger partial charge in [-0.3, -0.25) is 0 Å². The van der Waals surface area contributed by atoms with Gasteiger partial charge in [-0.1, -0.05) is 54.6 Å². The van der Waals surface area contributed by atoms with Crippen LogP contribution in [-0.2, 0) is 18.9 Å². The summed E-state index contributed by atoms with van der Waals surface area (Å²) in [6.45, 7) is -0.191. The van der Waals surface area contributed by atoms with Gasteiger partial charge in [0.2, 0.25) is 0 Å². The van der Waals surface area contributed by atoms with Crippen molar-refractivity contribution >= 4 is 17.9 Å². The molecular formula is C27H24O8. The first-order chi connectivity index (χ1) is 17.0. The molecule has 8 nitrogen and oxygen atoms in total. The van der Waals surface area contributed by atoms with Gasteiger partial charge in [0.1, 0.15) is 12.7 Å². The zero-order valence-electron chi connectivity index (χ0n) is 18.7. The van der Waals surface area contributed by atoms with Crippen LogP contribution in [0, 0.1) is 0 Å². The van der Waals surface area contributed by atoms with Gasteiger partial charge in [-0.05, 0) is 36.4 Å². The van der Waals surface area contributed by atoms with E-state index < -0.39 is 42.5 Å². The standard InChI is InChI=1S/C27H24O8/c28-24(18-10-4-1-5-11-18)32-17-21-16-22(34-25(29)19-12-6-2-7-13-19)23(27(31)33-21)35-26(30)20-14-8-3-9-15-20/h1-15,21-23,27,31H,16-17H2. The second-order valence-corrected chi connectivity index (χ2v) is 7.89. The van der Waals surface area contributed by atoms with Crippen LogP contribution in [0.15, 0.2) is 91.0 Å². The Kier molecular flexibility index (Phi) is 7.87. The molecule has 1 N–H and O–H groups in total. The summed E-state index contributed by atoms with van der Waals surface area (Å²) in [6.07, 6.45) is -4.69. The first-order valence-electron chi connectivity index (χ1n) is 11.1. The molecule has 1 fully saturated rings. The first kappa shape index (κ1) is 24.1. The van der Waals surface area contributed by atoms with Gasteiger partial charge >= 0.3 is 17.9 Å². The second kappa shape index (κ2) is 11.4. The van der Waals surface area contributed by atoms with Crippen LogP contribution >= 0.6 is 0 Å². The van der Waals surface area contributed by atoms with E-state index in [1.807, 2.05) is 0 Å². The average Bonchev–Trinajstić information content (AvgIpc) is 2.90. The minimum Gasteiger partial charge on any atom is -0.459 e. The lowest BCUT2D eigenvalue weighted by atomic mass is 10.0. The third kappa shape index (κ3) is 6.32. The van der Waals surface area contributed by atoms with E-state index in [9.17, 15) is 19.5 Å². The molecule has 0 spiro atoms. The summed E-state index contributed by atoms with van der Waals surface area (Å²) in [5.41, 5.74) is 0.936. The van der Waals surface area contributed by atoms with E-state index >= 15 is 0 Å². The minimum absolute atomic E-state index is 0.0322. The molecule has 1 heterocycles. The summed E-state index contributed by atoms with van der Waals surface area (Å²) < 4.78 is 22.0. The molecule has 0 radical (unpaired) electrons. The Balaban J connectivity index is 1.47. The molecule has 4 atom stereocenters. The van der Waals surface area contributed by atoms with Gasteiger partial charge in [0, 0.05) is 6.42 Å². The number of carbonyl (C=O) groups excluding carboxylic acids is 3. The highest BCUT2D eigenvalue weighted by atomic mass is 16.7. The number of rotatable bonds is 7. The maximum Gasteiger partial charge on any atom is 0.338 e. The van der Waals surface area contributed by atoms with Crippen LogP contribution in [0.2, 0.25) is 0 Å². The van der Waals surface area contributed by atoms with E-state index in [-0.39, 0.29) is 18.6 Å². The normalized spacial score (nSPS) is 21.5. The molecule has 1 aliphatic heterocycles. The van der Waals surface area contributed by atoms with Gasteiger partial charge in [0.05, 0.1) is 22.8 Å². The summed E-state index contributed by atoms with van der Waals surface area (Å²) in [5.74, 6) is -1.90. The highest BCUT2D eigenvalue weighted by molar-refractivity contribution is 5.90. The van der Waals surface area contributed by atoms with Gasteiger partial charge in [0.15, 0.2) is 12.4 Å². The molecule has 0 aromatic heterocycles. The fourth-order valence-corrected chi connectivity index (χ4v) is 3.64. The van der Waals surface area contributed by atoms with Gasteiger partial charge in [0.25, 0.3) is 0 Å². The van der Waals surface area contributed by atoms with E-state index in [4.69, 9.17) is 18.9 Å². The first-order valence-corrected chi connectivity index (χ1v) is 11.1. The molecule has 0 amide bonds. The molecule has 1 aliphatic rings. The molecule has 0 bridgehead atoms. The van der Waals surface area contributed by atoms with E-state index in [0.29, 0.717) is 11.1 Å². The Labute approximate surface area is 202 Å². The second-order valence-electron chi connectivity index (χ2n) is 7.89. The van der Waals surface area contributed by atoms with Crippen molar-refractivity contribution < 1.29 is 38.4 Å². The smallest absolute Gasteiger partial charge is 0.338 e. The van der Waals surface area contributed by atoms with Crippen molar-refractivity contribution in [3.8, 4) is 0 Å². The Morgan fingerprint density at radius 1 is 0.714 bits per heavy atom. The maximum absolute atomic E-state index is 12.7. The van der Waals surface area contributed by atoms with Gasteiger partial charge < -0.3 is 24.1 Å². The average molecular weight is 476 g/mol. The predicted molar refractivity (Wildman–Crippen MR) is 124 cm³/mol. The third-order valence-corrected chi connectivity index (χ3v) is 5.40. The van der Waals surface area contributed by atoms with Crippen molar-refractivity contribution in [2.45, 2.75) is 31.0 Å².